The first kappa shape index (κ1) is 25.4. The number of anilines is 1. The SMILES string of the molecule is O=C(O)CCCC(=O)c1ccc(-c2ccc(Cl)cc2CNc2ccc(-c3ccc(Cl)cc3)cc2)cn1. The molecule has 0 aliphatic carbocycles. The number of pyridine rings is 1. The van der Waals surface area contributed by atoms with E-state index in [0.29, 0.717) is 28.7 Å². The Hall–Kier alpha value is -3.67. The van der Waals surface area contributed by atoms with Crippen LogP contribution in [0.2, 0.25) is 10.0 Å². The molecule has 0 atom stereocenters. The molecule has 2 N–H and O–H groups in total. The summed E-state index contributed by atoms with van der Waals surface area (Å²) in [5, 5.41) is 13.5. The summed E-state index contributed by atoms with van der Waals surface area (Å²) in [4.78, 5) is 27.3. The van der Waals surface area contributed by atoms with Crippen LogP contribution < -0.4 is 5.32 Å². The number of Topliss-reactive ketones (excluding diaryl/α,β-unsaturated/α-hetero) is 1. The van der Waals surface area contributed by atoms with Gasteiger partial charge in [0, 0.05) is 46.9 Å². The van der Waals surface area contributed by atoms with Crippen molar-refractivity contribution in [3.05, 3.63) is 106 Å². The number of aliphatic carboxylic acids is 1. The summed E-state index contributed by atoms with van der Waals surface area (Å²) in [5.41, 5.74) is 6.32. The number of hydrogen-bond donors (Lipinski definition) is 2. The summed E-state index contributed by atoms with van der Waals surface area (Å²) in [7, 11) is 0. The van der Waals surface area contributed by atoms with Crippen LogP contribution in [-0.2, 0) is 11.3 Å². The summed E-state index contributed by atoms with van der Waals surface area (Å²) in [6.07, 6.45) is 2.09. The van der Waals surface area contributed by atoms with Crippen LogP contribution in [0.3, 0.4) is 0 Å². The lowest BCUT2D eigenvalue weighted by Crippen LogP contribution is -2.04. The van der Waals surface area contributed by atoms with Gasteiger partial charge >= 0.3 is 5.97 Å². The lowest BCUT2D eigenvalue weighted by molar-refractivity contribution is -0.137. The van der Waals surface area contributed by atoms with E-state index in [2.05, 4.69) is 22.4 Å². The van der Waals surface area contributed by atoms with Crippen LogP contribution in [0.25, 0.3) is 22.3 Å². The second-order valence-electron chi connectivity index (χ2n) is 8.34. The highest BCUT2D eigenvalue weighted by molar-refractivity contribution is 6.31. The Morgan fingerprint density at radius 1 is 0.778 bits per heavy atom. The van der Waals surface area contributed by atoms with Gasteiger partial charge in [-0.2, -0.15) is 0 Å². The zero-order valence-electron chi connectivity index (χ0n) is 19.4. The minimum Gasteiger partial charge on any atom is -0.481 e. The van der Waals surface area contributed by atoms with Gasteiger partial charge in [0.15, 0.2) is 5.78 Å². The summed E-state index contributed by atoms with van der Waals surface area (Å²) >= 11 is 12.3. The van der Waals surface area contributed by atoms with Gasteiger partial charge in [-0.15, -0.1) is 0 Å². The molecule has 0 radical (unpaired) electrons. The minimum absolute atomic E-state index is 0.0329. The van der Waals surface area contributed by atoms with Gasteiger partial charge < -0.3 is 10.4 Å². The van der Waals surface area contributed by atoms with E-state index in [0.717, 1.165) is 33.5 Å². The normalized spacial score (nSPS) is 10.7. The highest BCUT2D eigenvalue weighted by Crippen LogP contribution is 2.28. The molecule has 4 rings (SSSR count). The predicted octanol–water partition coefficient (Wildman–Crippen LogP) is 7.77. The Kier molecular flexibility index (Phi) is 8.36. The molecule has 0 aliphatic rings. The third-order valence-electron chi connectivity index (χ3n) is 5.77. The Balaban J connectivity index is 1.45. The van der Waals surface area contributed by atoms with Gasteiger partial charge in [0.25, 0.3) is 0 Å². The van der Waals surface area contributed by atoms with Crippen molar-refractivity contribution in [2.24, 2.45) is 0 Å². The van der Waals surface area contributed by atoms with Gasteiger partial charge in [-0.25, -0.2) is 0 Å². The Bertz CT molecular complexity index is 1350. The average molecular weight is 519 g/mol. The van der Waals surface area contributed by atoms with Crippen molar-refractivity contribution in [3.63, 3.8) is 0 Å². The molecule has 0 aliphatic heterocycles. The van der Waals surface area contributed by atoms with Crippen molar-refractivity contribution in [3.8, 4) is 22.3 Å². The van der Waals surface area contributed by atoms with Gasteiger partial charge in [0.2, 0.25) is 0 Å². The number of nitrogens with one attached hydrogen (secondary N) is 1. The van der Waals surface area contributed by atoms with Crippen LogP contribution in [0.4, 0.5) is 5.69 Å². The van der Waals surface area contributed by atoms with Crippen molar-refractivity contribution < 1.29 is 14.7 Å². The first-order valence-corrected chi connectivity index (χ1v) is 12.2. The molecular weight excluding hydrogens is 495 g/mol. The van der Waals surface area contributed by atoms with E-state index < -0.39 is 5.97 Å². The number of aromatic nitrogens is 1. The zero-order chi connectivity index (χ0) is 25.5. The third-order valence-corrected chi connectivity index (χ3v) is 6.25. The predicted molar refractivity (Wildman–Crippen MR) is 145 cm³/mol. The second kappa shape index (κ2) is 11.8. The number of carboxylic acids is 1. The summed E-state index contributed by atoms with van der Waals surface area (Å²) < 4.78 is 0. The molecule has 1 aromatic heterocycles. The minimum atomic E-state index is -0.910. The van der Waals surface area contributed by atoms with Crippen molar-refractivity contribution in [2.45, 2.75) is 25.8 Å². The molecule has 36 heavy (non-hydrogen) atoms. The highest BCUT2D eigenvalue weighted by atomic mass is 35.5. The van der Waals surface area contributed by atoms with Crippen molar-refractivity contribution in [1.29, 1.82) is 0 Å². The molecule has 3 aromatic carbocycles. The van der Waals surface area contributed by atoms with Crippen LogP contribution >= 0.6 is 23.2 Å². The first-order valence-electron chi connectivity index (χ1n) is 11.5. The monoisotopic (exact) mass is 518 g/mol. The number of carbonyl (C=O) groups is 2. The number of ketones is 1. The van der Waals surface area contributed by atoms with E-state index in [9.17, 15) is 9.59 Å². The molecule has 0 spiro atoms. The summed E-state index contributed by atoms with van der Waals surface area (Å²) in [6.45, 7) is 0.548. The molecule has 0 bridgehead atoms. The standard InChI is InChI=1S/C29H24Cl2N2O3/c30-23-9-4-19(5-10-23)20-6-12-25(13-7-20)32-18-22-16-24(31)11-14-26(22)21-8-15-27(33-17-21)28(34)2-1-3-29(35)36/h4-17,32H,1-3,18H2,(H,35,36). The molecule has 0 saturated heterocycles. The molecule has 0 amide bonds. The lowest BCUT2D eigenvalue weighted by Gasteiger charge is -2.13. The number of benzene rings is 3. The molecule has 182 valence electrons. The van der Waals surface area contributed by atoms with Crippen molar-refractivity contribution in [2.75, 3.05) is 5.32 Å². The van der Waals surface area contributed by atoms with Gasteiger partial charge in [-0.1, -0.05) is 59.6 Å². The van der Waals surface area contributed by atoms with Crippen LogP contribution in [0, 0.1) is 0 Å². The smallest absolute Gasteiger partial charge is 0.303 e. The van der Waals surface area contributed by atoms with Gasteiger partial charge in [0.05, 0.1) is 0 Å². The summed E-state index contributed by atoms with van der Waals surface area (Å²) in [5.74, 6) is -1.07. The third kappa shape index (κ3) is 6.72. The van der Waals surface area contributed by atoms with E-state index in [1.165, 1.54) is 0 Å². The van der Waals surface area contributed by atoms with E-state index in [1.807, 2.05) is 60.7 Å². The van der Waals surface area contributed by atoms with Gasteiger partial charge in [0.1, 0.15) is 5.69 Å². The zero-order valence-corrected chi connectivity index (χ0v) is 20.9. The van der Waals surface area contributed by atoms with Gasteiger partial charge in [-0.3, -0.25) is 14.6 Å². The van der Waals surface area contributed by atoms with Crippen LogP contribution in [-0.4, -0.2) is 21.8 Å². The molecule has 0 fully saturated rings. The quantitative estimate of drug-likeness (QED) is 0.209. The maximum Gasteiger partial charge on any atom is 0.303 e. The molecule has 0 saturated carbocycles. The maximum absolute atomic E-state index is 12.3. The fraction of sp³-hybridized carbons (Fsp3) is 0.138. The van der Waals surface area contributed by atoms with E-state index in [-0.39, 0.29) is 18.6 Å². The molecular formula is C29H24Cl2N2O3. The Morgan fingerprint density at radius 2 is 1.42 bits per heavy atom. The molecule has 1 heterocycles. The van der Waals surface area contributed by atoms with Crippen molar-refractivity contribution >= 4 is 40.6 Å². The molecule has 0 unspecified atom stereocenters. The van der Waals surface area contributed by atoms with E-state index >= 15 is 0 Å². The topological polar surface area (TPSA) is 79.3 Å². The fourth-order valence-electron chi connectivity index (χ4n) is 3.86. The first-order chi connectivity index (χ1) is 17.4. The maximum atomic E-state index is 12.3. The van der Waals surface area contributed by atoms with Crippen LogP contribution in [0.1, 0.15) is 35.3 Å². The number of rotatable bonds is 10. The molecule has 4 aromatic rings. The highest BCUT2D eigenvalue weighted by Gasteiger charge is 2.11. The number of carboxylic acid groups (broad SMARTS) is 1. The number of carbonyl (C=O) groups excluding carboxylic acids is 1. The Morgan fingerprint density at radius 3 is 2.06 bits per heavy atom. The van der Waals surface area contributed by atoms with Crippen molar-refractivity contribution in [1.82, 2.24) is 4.98 Å². The van der Waals surface area contributed by atoms with Gasteiger partial charge in [-0.05, 0) is 71.1 Å². The summed E-state index contributed by atoms with van der Waals surface area (Å²) in [6, 6.07) is 25.1. The number of halogens is 2. The second-order valence-corrected chi connectivity index (χ2v) is 9.21. The largest absolute Gasteiger partial charge is 0.481 e. The molecule has 5 nitrogen and oxygen atoms in total. The average Bonchev–Trinajstić information content (AvgIpc) is 2.88. The Labute approximate surface area is 219 Å². The van der Waals surface area contributed by atoms with Crippen LogP contribution in [0.15, 0.2) is 85.1 Å². The molecule has 7 heteroatoms. The lowest BCUT2D eigenvalue weighted by atomic mass is 10.00. The van der Waals surface area contributed by atoms with Crippen LogP contribution in [0.5, 0.6) is 0 Å². The van der Waals surface area contributed by atoms with E-state index in [1.54, 1.807) is 12.3 Å². The number of nitrogens with zero attached hydrogens (tertiary/aromatic N) is 1. The fourth-order valence-corrected chi connectivity index (χ4v) is 4.18. The number of hydrogen-bond acceptors (Lipinski definition) is 4. The van der Waals surface area contributed by atoms with E-state index in [4.69, 9.17) is 28.3 Å².